The highest BCUT2D eigenvalue weighted by Gasteiger charge is 2.18. The fourth-order valence-electron chi connectivity index (χ4n) is 2.18. The molecule has 114 valence electrons. The van der Waals surface area contributed by atoms with E-state index in [0.717, 1.165) is 11.1 Å². The van der Waals surface area contributed by atoms with Gasteiger partial charge >= 0.3 is 0 Å². The molecule has 3 rings (SSSR count). The Bertz CT molecular complexity index is 788. The third kappa shape index (κ3) is 3.57. The van der Waals surface area contributed by atoms with E-state index in [1.54, 1.807) is 30.3 Å². The first-order valence-electron chi connectivity index (χ1n) is 7.41. The van der Waals surface area contributed by atoms with E-state index >= 15 is 0 Å². The zero-order valence-electron chi connectivity index (χ0n) is 12.5. The van der Waals surface area contributed by atoms with Crippen molar-refractivity contribution in [3.63, 3.8) is 0 Å². The van der Waals surface area contributed by atoms with E-state index in [-0.39, 0.29) is 4.90 Å². The molecule has 0 amide bonds. The van der Waals surface area contributed by atoms with Crippen LogP contribution >= 0.6 is 0 Å². The molecule has 0 bridgehead atoms. The number of anilines is 1. The van der Waals surface area contributed by atoms with Crippen molar-refractivity contribution >= 4 is 21.8 Å². The Hall–Kier alpha value is -2.07. The molecule has 2 aromatic carbocycles. The highest BCUT2D eigenvalue weighted by Crippen LogP contribution is 2.31. The van der Waals surface area contributed by atoms with Crippen molar-refractivity contribution in [1.82, 2.24) is 0 Å². The van der Waals surface area contributed by atoms with Gasteiger partial charge in [0.25, 0.3) is 10.0 Å². The normalized spacial score (nSPS) is 15.1. The summed E-state index contributed by atoms with van der Waals surface area (Å²) in [6.07, 6.45) is 6.62. The van der Waals surface area contributed by atoms with Crippen LogP contribution in [0, 0.1) is 12.8 Å². The third-order valence-corrected chi connectivity index (χ3v) is 5.09. The molecule has 22 heavy (non-hydrogen) atoms. The lowest BCUT2D eigenvalue weighted by atomic mass is 10.1. The summed E-state index contributed by atoms with van der Waals surface area (Å²) >= 11 is 0. The average molecular weight is 313 g/mol. The molecular weight excluding hydrogens is 294 g/mol. The van der Waals surface area contributed by atoms with Crippen LogP contribution in [-0.2, 0) is 10.0 Å². The van der Waals surface area contributed by atoms with Gasteiger partial charge < -0.3 is 0 Å². The third-order valence-electron chi connectivity index (χ3n) is 3.71. The highest BCUT2D eigenvalue weighted by atomic mass is 32.2. The van der Waals surface area contributed by atoms with Crippen LogP contribution < -0.4 is 4.72 Å². The zero-order valence-corrected chi connectivity index (χ0v) is 13.3. The maximum Gasteiger partial charge on any atom is 0.261 e. The van der Waals surface area contributed by atoms with Crippen molar-refractivity contribution in [2.75, 3.05) is 4.72 Å². The maximum atomic E-state index is 12.5. The summed E-state index contributed by atoms with van der Waals surface area (Å²) in [5, 5.41) is 0. The highest BCUT2D eigenvalue weighted by molar-refractivity contribution is 7.92. The van der Waals surface area contributed by atoms with Crippen LogP contribution in [0.3, 0.4) is 0 Å². The number of rotatable bonds is 5. The van der Waals surface area contributed by atoms with E-state index in [1.807, 2.05) is 31.2 Å². The molecule has 1 aliphatic carbocycles. The van der Waals surface area contributed by atoms with E-state index in [9.17, 15) is 8.42 Å². The summed E-state index contributed by atoms with van der Waals surface area (Å²) in [6.45, 7) is 1.93. The molecular formula is C18H19NO2S. The number of aryl methyl sites for hydroxylation is 1. The van der Waals surface area contributed by atoms with E-state index in [0.29, 0.717) is 11.6 Å². The second kappa shape index (κ2) is 5.97. The first kappa shape index (κ1) is 14.9. The van der Waals surface area contributed by atoms with Crippen molar-refractivity contribution in [3.8, 4) is 0 Å². The van der Waals surface area contributed by atoms with Gasteiger partial charge in [-0.3, -0.25) is 4.72 Å². The molecule has 2 aromatic rings. The fourth-order valence-corrected chi connectivity index (χ4v) is 3.27. The largest absolute Gasteiger partial charge is 0.279 e. The van der Waals surface area contributed by atoms with Gasteiger partial charge in [0, 0.05) is 0 Å². The van der Waals surface area contributed by atoms with Crippen LogP contribution in [0.5, 0.6) is 0 Å². The predicted molar refractivity (Wildman–Crippen MR) is 90.2 cm³/mol. The van der Waals surface area contributed by atoms with Crippen LogP contribution in [0.2, 0.25) is 0 Å². The zero-order chi connectivity index (χ0) is 15.6. The molecule has 0 aliphatic heterocycles. The topological polar surface area (TPSA) is 46.2 Å². The number of sulfonamides is 1. The van der Waals surface area contributed by atoms with Gasteiger partial charge in [0.2, 0.25) is 0 Å². The number of nitrogens with one attached hydrogen (secondary N) is 1. The monoisotopic (exact) mass is 313 g/mol. The first-order chi connectivity index (χ1) is 10.5. The van der Waals surface area contributed by atoms with Crippen LogP contribution in [-0.4, -0.2) is 8.42 Å². The summed E-state index contributed by atoms with van der Waals surface area (Å²) in [5.74, 6) is 0.654. The van der Waals surface area contributed by atoms with Crippen molar-refractivity contribution in [3.05, 3.63) is 65.7 Å². The molecule has 0 saturated heterocycles. The Kier molecular flexibility index (Phi) is 4.03. The lowest BCUT2D eigenvalue weighted by Crippen LogP contribution is -2.13. The van der Waals surface area contributed by atoms with Crippen LogP contribution in [0.15, 0.2) is 59.5 Å². The molecule has 1 fully saturated rings. The van der Waals surface area contributed by atoms with Gasteiger partial charge in [-0.2, -0.15) is 0 Å². The molecule has 0 heterocycles. The number of hydrogen-bond acceptors (Lipinski definition) is 2. The van der Waals surface area contributed by atoms with E-state index in [2.05, 4.69) is 10.8 Å². The Morgan fingerprint density at radius 2 is 1.73 bits per heavy atom. The Balaban J connectivity index is 1.87. The van der Waals surface area contributed by atoms with Crippen LogP contribution in [0.25, 0.3) is 6.08 Å². The van der Waals surface area contributed by atoms with Gasteiger partial charge in [0.05, 0.1) is 10.6 Å². The Labute approximate surface area is 131 Å². The van der Waals surface area contributed by atoms with Gasteiger partial charge in [0.15, 0.2) is 0 Å². The minimum Gasteiger partial charge on any atom is -0.279 e. The molecule has 0 aromatic heterocycles. The van der Waals surface area contributed by atoms with Crippen LogP contribution in [0.4, 0.5) is 5.69 Å². The predicted octanol–water partition coefficient (Wildman–Crippen LogP) is 4.22. The maximum absolute atomic E-state index is 12.5. The summed E-state index contributed by atoms with van der Waals surface area (Å²) in [7, 11) is -3.56. The molecule has 3 nitrogen and oxygen atoms in total. The van der Waals surface area contributed by atoms with E-state index < -0.39 is 10.0 Å². The van der Waals surface area contributed by atoms with E-state index in [4.69, 9.17) is 0 Å². The second-order valence-electron chi connectivity index (χ2n) is 5.70. The smallest absolute Gasteiger partial charge is 0.261 e. The fraction of sp³-hybridized carbons (Fsp3) is 0.222. The van der Waals surface area contributed by atoms with Crippen molar-refractivity contribution in [1.29, 1.82) is 0 Å². The molecule has 1 N–H and O–H groups in total. The minimum absolute atomic E-state index is 0.277. The average Bonchev–Trinajstić information content (AvgIpc) is 3.31. The van der Waals surface area contributed by atoms with Crippen LogP contribution in [0.1, 0.15) is 24.0 Å². The number of allylic oxidation sites excluding steroid dienone is 1. The second-order valence-corrected chi connectivity index (χ2v) is 7.38. The SMILES string of the molecule is Cc1ccc(S(=O)(=O)Nc2ccccc2/C=C/C2CC2)cc1. The summed E-state index contributed by atoms with van der Waals surface area (Å²) in [4.78, 5) is 0.277. The van der Waals surface area contributed by atoms with Gasteiger partial charge in [-0.15, -0.1) is 0 Å². The summed E-state index contributed by atoms with van der Waals surface area (Å²) in [5.41, 5.74) is 2.54. The molecule has 0 atom stereocenters. The van der Waals surface area contributed by atoms with Gasteiger partial charge in [-0.1, -0.05) is 48.0 Å². The molecule has 1 aliphatic rings. The Morgan fingerprint density at radius 3 is 2.41 bits per heavy atom. The number of hydrogen-bond donors (Lipinski definition) is 1. The first-order valence-corrected chi connectivity index (χ1v) is 8.90. The number of benzene rings is 2. The quantitative estimate of drug-likeness (QED) is 0.898. The van der Waals surface area contributed by atoms with Crippen molar-refractivity contribution < 1.29 is 8.42 Å². The van der Waals surface area contributed by atoms with Gasteiger partial charge in [-0.25, -0.2) is 8.42 Å². The minimum atomic E-state index is -3.56. The molecule has 0 radical (unpaired) electrons. The van der Waals surface area contributed by atoms with Crippen molar-refractivity contribution in [2.24, 2.45) is 5.92 Å². The molecule has 4 heteroatoms. The standard InChI is InChI=1S/C18H19NO2S/c1-14-6-12-17(13-7-14)22(20,21)19-18-5-3-2-4-16(18)11-10-15-8-9-15/h2-7,10-13,15,19H,8-9H2,1H3/b11-10+. The van der Waals surface area contributed by atoms with Gasteiger partial charge in [-0.05, 0) is 49.4 Å². The van der Waals surface area contributed by atoms with Crippen molar-refractivity contribution in [2.45, 2.75) is 24.7 Å². The molecule has 1 saturated carbocycles. The summed E-state index contributed by atoms with van der Waals surface area (Å²) < 4.78 is 27.6. The van der Waals surface area contributed by atoms with E-state index in [1.165, 1.54) is 12.8 Å². The van der Waals surface area contributed by atoms with Gasteiger partial charge in [0.1, 0.15) is 0 Å². The molecule has 0 unspecified atom stereocenters. The lowest BCUT2D eigenvalue weighted by Gasteiger charge is -2.11. The molecule has 0 spiro atoms. The lowest BCUT2D eigenvalue weighted by molar-refractivity contribution is 0.601. The number of para-hydroxylation sites is 1. The summed E-state index contributed by atoms with van der Waals surface area (Å²) in [6, 6.07) is 14.3. The Morgan fingerprint density at radius 1 is 1.05 bits per heavy atom.